The Labute approximate surface area is 162 Å². The van der Waals surface area contributed by atoms with E-state index in [4.69, 9.17) is 0 Å². The molecule has 2 aromatic carbocycles. The Bertz CT molecular complexity index is 1190. The van der Waals surface area contributed by atoms with Crippen molar-refractivity contribution in [2.75, 3.05) is 7.05 Å². The number of aromatic nitrogens is 3. The minimum Gasteiger partial charge on any atom is -0.345 e. The number of aryl methyl sites for hydroxylation is 1. The first kappa shape index (κ1) is 17.7. The van der Waals surface area contributed by atoms with Crippen LogP contribution in [0.4, 0.5) is 0 Å². The van der Waals surface area contributed by atoms with E-state index in [1.807, 2.05) is 42.5 Å². The Hall–Kier alpha value is -3.67. The summed E-state index contributed by atoms with van der Waals surface area (Å²) in [7, 11) is 3.44. The van der Waals surface area contributed by atoms with E-state index >= 15 is 0 Å². The van der Waals surface area contributed by atoms with Gasteiger partial charge in [-0.05, 0) is 16.7 Å². The van der Waals surface area contributed by atoms with Gasteiger partial charge in [0.25, 0.3) is 5.91 Å². The van der Waals surface area contributed by atoms with Crippen LogP contribution >= 0.6 is 0 Å². The smallest absolute Gasteiger partial charge is 0.259 e. The van der Waals surface area contributed by atoms with Gasteiger partial charge in [0.15, 0.2) is 0 Å². The van der Waals surface area contributed by atoms with Crippen molar-refractivity contribution in [3.8, 4) is 11.1 Å². The molecule has 6 nitrogen and oxygen atoms in total. The highest BCUT2D eigenvalue weighted by molar-refractivity contribution is 5.96. The fourth-order valence-corrected chi connectivity index (χ4v) is 3.27. The third kappa shape index (κ3) is 3.20. The monoisotopic (exact) mass is 372 g/mol. The van der Waals surface area contributed by atoms with Gasteiger partial charge in [-0.15, -0.1) is 0 Å². The zero-order valence-corrected chi connectivity index (χ0v) is 15.7. The van der Waals surface area contributed by atoms with Crippen LogP contribution < -0.4 is 5.43 Å². The second-order valence-electron chi connectivity index (χ2n) is 6.79. The number of nitrogens with one attached hydrogen (secondary N) is 1. The number of hydrogen-bond acceptors (Lipinski definition) is 3. The number of benzene rings is 2. The second-order valence-corrected chi connectivity index (χ2v) is 6.79. The molecule has 140 valence electrons. The molecule has 0 bridgehead atoms. The number of pyridine rings is 1. The van der Waals surface area contributed by atoms with Crippen molar-refractivity contribution in [2.24, 2.45) is 7.05 Å². The first-order valence-electron chi connectivity index (χ1n) is 8.98. The van der Waals surface area contributed by atoms with E-state index in [1.165, 1.54) is 12.4 Å². The molecular formula is C22H20N4O2. The minimum atomic E-state index is -0.320. The van der Waals surface area contributed by atoms with Crippen LogP contribution in [-0.2, 0) is 13.6 Å². The maximum atomic E-state index is 12.8. The van der Waals surface area contributed by atoms with E-state index in [0.717, 1.165) is 16.7 Å². The third-order valence-electron chi connectivity index (χ3n) is 4.84. The van der Waals surface area contributed by atoms with Gasteiger partial charge in [0, 0.05) is 26.8 Å². The summed E-state index contributed by atoms with van der Waals surface area (Å²) < 4.78 is 1.57. The molecule has 0 aliphatic heterocycles. The molecule has 0 saturated heterocycles. The van der Waals surface area contributed by atoms with Crippen molar-refractivity contribution in [1.82, 2.24) is 19.7 Å². The summed E-state index contributed by atoms with van der Waals surface area (Å²) in [5.41, 5.74) is 3.67. The Balaban J connectivity index is 1.53. The molecular weight excluding hydrogens is 352 g/mol. The normalized spacial score (nSPS) is 10.9. The Morgan fingerprint density at radius 3 is 2.46 bits per heavy atom. The number of carbonyl (C=O) groups is 1. The first-order chi connectivity index (χ1) is 13.5. The van der Waals surface area contributed by atoms with Gasteiger partial charge in [0.1, 0.15) is 11.2 Å². The molecule has 0 spiro atoms. The van der Waals surface area contributed by atoms with Crippen molar-refractivity contribution in [1.29, 1.82) is 0 Å². The number of fused-ring (bicyclic) bond motifs is 1. The van der Waals surface area contributed by atoms with Crippen molar-refractivity contribution in [3.63, 3.8) is 0 Å². The summed E-state index contributed by atoms with van der Waals surface area (Å²) in [6.07, 6.45) is 2.94. The fraction of sp³-hybridized carbons (Fsp3) is 0.136. The molecule has 0 atom stereocenters. The number of carbonyl (C=O) groups excluding carboxylic acids is 1. The van der Waals surface area contributed by atoms with Gasteiger partial charge in [-0.25, -0.2) is 0 Å². The van der Waals surface area contributed by atoms with Gasteiger partial charge in [-0.3, -0.25) is 14.3 Å². The zero-order chi connectivity index (χ0) is 19.7. The van der Waals surface area contributed by atoms with Crippen LogP contribution in [0.15, 0.2) is 71.8 Å². The average Bonchev–Trinajstić information content (AvgIpc) is 3.11. The van der Waals surface area contributed by atoms with E-state index < -0.39 is 0 Å². The molecule has 1 amide bonds. The highest BCUT2D eigenvalue weighted by Crippen LogP contribution is 2.20. The summed E-state index contributed by atoms with van der Waals surface area (Å²) in [6, 6.07) is 18.2. The molecule has 0 radical (unpaired) electrons. The lowest BCUT2D eigenvalue weighted by molar-refractivity contribution is 0.0783. The van der Waals surface area contributed by atoms with Gasteiger partial charge in [-0.1, -0.05) is 54.6 Å². The quantitative estimate of drug-likeness (QED) is 0.598. The van der Waals surface area contributed by atoms with Crippen molar-refractivity contribution < 1.29 is 4.79 Å². The van der Waals surface area contributed by atoms with Gasteiger partial charge in [0.05, 0.1) is 11.6 Å². The van der Waals surface area contributed by atoms with Gasteiger partial charge >= 0.3 is 0 Å². The molecule has 6 heteroatoms. The molecule has 0 aliphatic rings. The zero-order valence-electron chi connectivity index (χ0n) is 15.7. The molecule has 28 heavy (non-hydrogen) atoms. The van der Waals surface area contributed by atoms with Gasteiger partial charge in [-0.2, -0.15) is 5.10 Å². The van der Waals surface area contributed by atoms with Crippen LogP contribution in [0.25, 0.3) is 22.2 Å². The van der Waals surface area contributed by atoms with Crippen LogP contribution in [0.2, 0.25) is 0 Å². The van der Waals surface area contributed by atoms with Crippen molar-refractivity contribution in [2.45, 2.75) is 6.54 Å². The Kier molecular flexibility index (Phi) is 4.53. The predicted molar refractivity (Wildman–Crippen MR) is 109 cm³/mol. The fourth-order valence-electron chi connectivity index (χ4n) is 3.27. The SMILES string of the molecule is CN(Cc1ccc(-c2ccccc2)cc1)C(=O)c1c[nH]c2c(cnn2C)c1=O. The van der Waals surface area contributed by atoms with Crippen LogP contribution in [0, 0.1) is 0 Å². The second kappa shape index (κ2) is 7.15. The standard InChI is InChI=1S/C22H20N4O2/c1-25(14-15-8-10-17(11-9-15)16-6-4-3-5-7-16)22(28)19-12-23-21-18(20(19)27)13-24-26(21)2/h3-13H,14H2,1-2H3,(H,23,27). The molecule has 1 N–H and O–H groups in total. The summed E-state index contributed by atoms with van der Waals surface area (Å²) in [4.78, 5) is 29.9. The van der Waals surface area contributed by atoms with E-state index in [2.05, 4.69) is 22.2 Å². The van der Waals surface area contributed by atoms with Crippen LogP contribution in [0.3, 0.4) is 0 Å². The van der Waals surface area contributed by atoms with Crippen LogP contribution in [0.5, 0.6) is 0 Å². The third-order valence-corrected chi connectivity index (χ3v) is 4.84. The lowest BCUT2D eigenvalue weighted by Crippen LogP contribution is -2.30. The molecule has 4 rings (SSSR count). The molecule has 0 aliphatic carbocycles. The molecule has 2 heterocycles. The van der Waals surface area contributed by atoms with Crippen molar-refractivity contribution >= 4 is 16.9 Å². The molecule has 0 fully saturated rings. The largest absolute Gasteiger partial charge is 0.345 e. The lowest BCUT2D eigenvalue weighted by atomic mass is 10.0. The summed E-state index contributed by atoms with van der Waals surface area (Å²) in [5.74, 6) is -0.320. The highest BCUT2D eigenvalue weighted by Gasteiger charge is 2.18. The first-order valence-corrected chi connectivity index (χ1v) is 8.98. The Morgan fingerprint density at radius 1 is 1.07 bits per heavy atom. The predicted octanol–water partition coefficient (Wildman–Crippen LogP) is 3.20. The van der Waals surface area contributed by atoms with E-state index in [9.17, 15) is 9.59 Å². The topological polar surface area (TPSA) is 71.0 Å². The van der Waals surface area contributed by atoms with Crippen LogP contribution in [0.1, 0.15) is 15.9 Å². The van der Waals surface area contributed by atoms with E-state index in [0.29, 0.717) is 17.6 Å². The Morgan fingerprint density at radius 2 is 1.75 bits per heavy atom. The van der Waals surface area contributed by atoms with E-state index in [-0.39, 0.29) is 16.9 Å². The van der Waals surface area contributed by atoms with Gasteiger partial charge in [0.2, 0.25) is 5.43 Å². The summed E-state index contributed by atoms with van der Waals surface area (Å²) in [6.45, 7) is 0.415. The molecule has 2 aromatic heterocycles. The number of rotatable bonds is 4. The van der Waals surface area contributed by atoms with Gasteiger partial charge < -0.3 is 9.88 Å². The molecule has 0 saturated carbocycles. The number of nitrogens with zero attached hydrogens (tertiary/aromatic N) is 3. The number of hydrogen-bond donors (Lipinski definition) is 1. The molecule has 4 aromatic rings. The molecule has 0 unspecified atom stereocenters. The number of H-pyrrole nitrogens is 1. The highest BCUT2D eigenvalue weighted by atomic mass is 16.2. The average molecular weight is 372 g/mol. The van der Waals surface area contributed by atoms with E-state index in [1.54, 1.807) is 23.7 Å². The maximum absolute atomic E-state index is 12.8. The minimum absolute atomic E-state index is 0.115. The van der Waals surface area contributed by atoms with Crippen LogP contribution in [-0.4, -0.2) is 32.6 Å². The number of aromatic amines is 1. The van der Waals surface area contributed by atoms with Crippen molar-refractivity contribution in [3.05, 3.63) is 88.3 Å². The number of amides is 1. The lowest BCUT2D eigenvalue weighted by Gasteiger charge is -2.17. The summed E-state index contributed by atoms with van der Waals surface area (Å²) >= 11 is 0. The summed E-state index contributed by atoms with van der Waals surface area (Å²) in [5, 5.41) is 4.47. The maximum Gasteiger partial charge on any atom is 0.259 e.